The molecule has 0 aliphatic carbocycles. The number of carbonyl (C=O) groups excluding carboxylic acids is 1. The van der Waals surface area contributed by atoms with E-state index in [9.17, 15) is 13.6 Å². The quantitative estimate of drug-likeness (QED) is 0.773. The number of ether oxygens (including phenoxy) is 1. The summed E-state index contributed by atoms with van der Waals surface area (Å²) in [6.07, 6.45) is -2.99. The Hall–Kier alpha value is -2.03. The SMILES string of the molecule is CCOC(=O)Cc1nc(C(F)F)cc(C#N)c1C. The number of pyridine rings is 1. The number of carbonyl (C=O) groups is 1. The molecule has 4 nitrogen and oxygen atoms in total. The Labute approximate surface area is 103 Å². The molecule has 96 valence electrons. The topological polar surface area (TPSA) is 63.0 Å². The van der Waals surface area contributed by atoms with Crippen LogP contribution in [0.5, 0.6) is 0 Å². The fourth-order valence-corrected chi connectivity index (χ4v) is 1.43. The lowest BCUT2D eigenvalue weighted by Gasteiger charge is -2.09. The summed E-state index contributed by atoms with van der Waals surface area (Å²) in [4.78, 5) is 15.0. The van der Waals surface area contributed by atoms with Crippen molar-refractivity contribution in [3.8, 4) is 6.07 Å². The van der Waals surface area contributed by atoms with Gasteiger partial charge in [-0.15, -0.1) is 0 Å². The van der Waals surface area contributed by atoms with Gasteiger partial charge in [0.25, 0.3) is 6.43 Å². The molecular weight excluding hydrogens is 242 g/mol. The van der Waals surface area contributed by atoms with Gasteiger partial charge < -0.3 is 4.74 Å². The Morgan fingerprint density at radius 3 is 2.78 bits per heavy atom. The van der Waals surface area contributed by atoms with Gasteiger partial charge in [0.15, 0.2) is 0 Å². The van der Waals surface area contributed by atoms with Crippen molar-refractivity contribution in [1.82, 2.24) is 4.98 Å². The van der Waals surface area contributed by atoms with Gasteiger partial charge in [-0.1, -0.05) is 0 Å². The molecule has 18 heavy (non-hydrogen) atoms. The van der Waals surface area contributed by atoms with Crippen LogP contribution in [0.1, 0.15) is 35.9 Å². The first-order valence-corrected chi connectivity index (χ1v) is 5.33. The molecule has 0 spiro atoms. The minimum Gasteiger partial charge on any atom is -0.466 e. The molecule has 6 heteroatoms. The molecule has 0 saturated carbocycles. The van der Waals surface area contributed by atoms with Crippen LogP contribution in [-0.2, 0) is 16.0 Å². The lowest BCUT2D eigenvalue weighted by Crippen LogP contribution is -2.12. The maximum atomic E-state index is 12.6. The van der Waals surface area contributed by atoms with Gasteiger partial charge in [0.2, 0.25) is 0 Å². The number of nitrogens with zero attached hydrogens (tertiary/aromatic N) is 2. The van der Waals surface area contributed by atoms with Crippen molar-refractivity contribution in [2.24, 2.45) is 0 Å². The van der Waals surface area contributed by atoms with Gasteiger partial charge in [0.05, 0.1) is 30.4 Å². The van der Waals surface area contributed by atoms with Crippen molar-refractivity contribution < 1.29 is 18.3 Å². The first kappa shape index (κ1) is 14.0. The van der Waals surface area contributed by atoms with Gasteiger partial charge >= 0.3 is 5.97 Å². The van der Waals surface area contributed by atoms with Crippen LogP contribution in [0, 0.1) is 18.3 Å². The molecule has 0 amide bonds. The summed E-state index contributed by atoms with van der Waals surface area (Å²) in [6.45, 7) is 3.42. The molecule has 0 fully saturated rings. The van der Waals surface area contributed by atoms with E-state index in [0.29, 0.717) is 5.56 Å². The summed E-state index contributed by atoms with van der Waals surface area (Å²) in [6, 6.07) is 2.85. The average molecular weight is 254 g/mol. The second-order valence-corrected chi connectivity index (χ2v) is 3.56. The van der Waals surface area contributed by atoms with Gasteiger partial charge in [-0.25, -0.2) is 8.78 Å². The summed E-state index contributed by atoms with van der Waals surface area (Å²) in [5.74, 6) is -0.552. The maximum absolute atomic E-state index is 12.6. The summed E-state index contributed by atoms with van der Waals surface area (Å²) >= 11 is 0. The Morgan fingerprint density at radius 1 is 1.61 bits per heavy atom. The molecule has 0 atom stereocenters. The van der Waals surface area contributed by atoms with Crippen molar-refractivity contribution in [1.29, 1.82) is 5.26 Å². The standard InChI is InChI=1S/C12H12F2N2O2/c1-3-18-11(17)5-9-7(2)8(6-15)4-10(16-9)12(13)14/h4,12H,3,5H2,1-2H3. The molecular formula is C12H12F2N2O2. The number of rotatable bonds is 4. The summed E-state index contributed by atoms with van der Waals surface area (Å²) < 4.78 is 29.9. The summed E-state index contributed by atoms with van der Waals surface area (Å²) in [7, 11) is 0. The highest BCUT2D eigenvalue weighted by Crippen LogP contribution is 2.21. The zero-order valence-corrected chi connectivity index (χ0v) is 10.0. The normalized spacial score (nSPS) is 10.2. The van der Waals surface area contributed by atoms with E-state index in [-0.39, 0.29) is 24.3 Å². The number of alkyl halides is 2. The van der Waals surface area contributed by atoms with E-state index in [2.05, 4.69) is 4.98 Å². The molecule has 1 aromatic rings. The maximum Gasteiger partial charge on any atom is 0.311 e. The highest BCUT2D eigenvalue weighted by atomic mass is 19.3. The van der Waals surface area contributed by atoms with Gasteiger partial charge in [0, 0.05) is 0 Å². The smallest absolute Gasteiger partial charge is 0.311 e. The monoisotopic (exact) mass is 254 g/mol. The van der Waals surface area contributed by atoms with Crippen molar-refractivity contribution in [2.75, 3.05) is 6.61 Å². The highest BCUT2D eigenvalue weighted by molar-refractivity contribution is 5.72. The van der Waals surface area contributed by atoms with Crippen molar-refractivity contribution >= 4 is 5.97 Å². The van der Waals surface area contributed by atoms with Crippen LogP contribution >= 0.6 is 0 Å². The van der Waals surface area contributed by atoms with E-state index in [4.69, 9.17) is 10.00 Å². The van der Waals surface area contributed by atoms with Gasteiger partial charge in [-0.05, 0) is 25.5 Å². The van der Waals surface area contributed by atoms with Crippen molar-refractivity contribution in [2.45, 2.75) is 26.7 Å². The molecule has 1 aromatic heterocycles. The average Bonchev–Trinajstić information content (AvgIpc) is 2.31. The van der Waals surface area contributed by atoms with Crippen molar-refractivity contribution in [3.63, 3.8) is 0 Å². The lowest BCUT2D eigenvalue weighted by molar-refractivity contribution is -0.142. The van der Waals surface area contributed by atoms with E-state index in [1.54, 1.807) is 13.8 Å². The molecule has 0 aromatic carbocycles. The predicted octanol–water partition coefficient (Wildman–Crippen LogP) is 2.30. The van der Waals surface area contributed by atoms with E-state index in [0.717, 1.165) is 6.07 Å². The largest absolute Gasteiger partial charge is 0.466 e. The highest BCUT2D eigenvalue weighted by Gasteiger charge is 2.17. The Morgan fingerprint density at radius 2 is 2.28 bits per heavy atom. The predicted molar refractivity (Wildman–Crippen MR) is 59.0 cm³/mol. The second-order valence-electron chi connectivity index (χ2n) is 3.56. The lowest BCUT2D eigenvalue weighted by atomic mass is 10.1. The van der Waals surface area contributed by atoms with Gasteiger partial charge in [-0.2, -0.15) is 5.26 Å². The van der Waals surface area contributed by atoms with Gasteiger partial charge in [0.1, 0.15) is 5.69 Å². The van der Waals surface area contributed by atoms with E-state index in [1.165, 1.54) is 0 Å². The van der Waals surface area contributed by atoms with Crippen LogP contribution in [0.25, 0.3) is 0 Å². The third-order valence-corrected chi connectivity index (χ3v) is 2.35. The third kappa shape index (κ3) is 3.23. The van der Waals surface area contributed by atoms with Crippen LogP contribution in [0.4, 0.5) is 8.78 Å². The number of aromatic nitrogens is 1. The number of nitriles is 1. The fraction of sp³-hybridized carbons (Fsp3) is 0.417. The first-order chi connectivity index (χ1) is 8.49. The van der Waals surface area contributed by atoms with E-state index >= 15 is 0 Å². The number of hydrogen-bond donors (Lipinski definition) is 0. The minimum atomic E-state index is -2.78. The molecule has 0 aliphatic rings. The molecule has 0 aliphatic heterocycles. The van der Waals surface area contributed by atoms with Crippen LogP contribution in [0.3, 0.4) is 0 Å². The van der Waals surface area contributed by atoms with E-state index < -0.39 is 18.1 Å². The minimum absolute atomic E-state index is 0.0969. The first-order valence-electron chi connectivity index (χ1n) is 5.33. The number of halogens is 2. The molecule has 1 rings (SSSR count). The summed E-state index contributed by atoms with van der Waals surface area (Å²) in [5.41, 5.74) is 0.175. The Bertz CT molecular complexity index is 496. The molecule has 0 unspecified atom stereocenters. The molecule has 0 bridgehead atoms. The van der Waals surface area contributed by atoms with E-state index in [1.807, 2.05) is 6.07 Å². The Balaban J connectivity index is 3.14. The number of hydrogen-bond acceptors (Lipinski definition) is 4. The molecule has 0 saturated heterocycles. The molecule has 1 heterocycles. The second kappa shape index (κ2) is 6.05. The summed E-state index contributed by atoms with van der Waals surface area (Å²) in [5, 5.41) is 8.85. The zero-order valence-electron chi connectivity index (χ0n) is 10.0. The van der Waals surface area contributed by atoms with Crippen LogP contribution < -0.4 is 0 Å². The zero-order chi connectivity index (χ0) is 13.7. The third-order valence-electron chi connectivity index (χ3n) is 2.35. The van der Waals surface area contributed by atoms with Crippen LogP contribution in [-0.4, -0.2) is 17.6 Å². The van der Waals surface area contributed by atoms with Crippen LogP contribution in [0.15, 0.2) is 6.07 Å². The number of esters is 1. The molecule has 0 N–H and O–H groups in total. The van der Waals surface area contributed by atoms with Crippen LogP contribution in [0.2, 0.25) is 0 Å². The Kier molecular flexibility index (Phi) is 4.72. The van der Waals surface area contributed by atoms with Gasteiger partial charge in [-0.3, -0.25) is 9.78 Å². The van der Waals surface area contributed by atoms with Crippen molar-refractivity contribution in [3.05, 3.63) is 28.6 Å². The molecule has 0 radical (unpaired) electrons. The fourth-order valence-electron chi connectivity index (χ4n) is 1.43.